The largest absolute Gasteiger partial charge is 0.481 e. The van der Waals surface area contributed by atoms with Crippen molar-refractivity contribution in [2.75, 3.05) is 0 Å². The smallest absolute Gasteiger partial charge is 0.261 e. The molecule has 0 aliphatic carbocycles. The molecule has 0 unspecified atom stereocenters. The van der Waals surface area contributed by atoms with E-state index in [1.165, 1.54) is 11.1 Å². The molecule has 128 valence electrons. The van der Waals surface area contributed by atoms with E-state index in [2.05, 4.69) is 31.3 Å². The van der Waals surface area contributed by atoms with Gasteiger partial charge in [0, 0.05) is 5.02 Å². The Bertz CT molecular complexity index is 715. The van der Waals surface area contributed by atoms with Crippen LogP contribution >= 0.6 is 11.6 Å². The number of carbonyl (C=O) groups excluding carboxylic acids is 1. The van der Waals surface area contributed by atoms with Crippen molar-refractivity contribution in [1.82, 2.24) is 5.32 Å². The molecule has 2 rings (SSSR count). The molecule has 4 heteroatoms. The van der Waals surface area contributed by atoms with Crippen LogP contribution < -0.4 is 10.1 Å². The van der Waals surface area contributed by atoms with Gasteiger partial charge in [-0.3, -0.25) is 4.79 Å². The minimum absolute atomic E-state index is 0.0752. The number of aryl methyl sites for hydroxylation is 2. The second-order valence-electron chi connectivity index (χ2n) is 6.05. The Balaban J connectivity index is 2.04. The van der Waals surface area contributed by atoms with Crippen LogP contribution in [0.2, 0.25) is 5.02 Å². The lowest BCUT2D eigenvalue weighted by molar-refractivity contribution is -0.128. The predicted octanol–water partition coefficient (Wildman–Crippen LogP) is 4.99. The standard InChI is InChI=1S/C20H24ClNO2/c1-5-19(24-18-8-6-7-17(21)12-18)20(23)22-15(4)16-10-9-13(2)14(3)11-16/h6-12,15,19H,5H2,1-4H3,(H,22,23)/t15-,19-/m1/s1. The summed E-state index contributed by atoms with van der Waals surface area (Å²) in [6, 6.07) is 13.3. The van der Waals surface area contributed by atoms with Crippen LogP contribution in [-0.4, -0.2) is 12.0 Å². The fraction of sp³-hybridized carbons (Fsp3) is 0.350. The van der Waals surface area contributed by atoms with E-state index in [0.29, 0.717) is 17.2 Å². The Labute approximate surface area is 149 Å². The Morgan fingerprint density at radius 2 is 1.92 bits per heavy atom. The lowest BCUT2D eigenvalue weighted by Crippen LogP contribution is -2.39. The average Bonchev–Trinajstić information content (AvgIpc) is 2.55. The zero-order valence-electron chi connectivity index (χ0n) is 14.6. The number of hydrogen-bond acceptors (Lipinski definition) is 2. The molecule has 1 N–H and O–H groups in total. The third kappa shape index (κ3) is 4.75. The SMILES string of the molecule is CC[C@@H](Oc1cccc(Cl)c1)C(=O)N[C@H](C)c1ccc(C)c(C)c1. The maximum Gasteiger partial charge on any atom is 0.261 e. The maximum atomic E-state index is 12.5. The molecule has 0 saturated carbocycles. The minimum atomic E-state index is -0.544. The summed E-state index contributed by atoms with van der Waals surface area (Å²) in [5.41, 5.74) is 3.55. The first-order chi connectivity index (χ1) is 11.4. The van der Waals surface area contributed by atoms with Gasteiger partial charge in [0.25, 0.3) is 5.91 Å². The molecule has 0 bridgehead atoms. The molecule has 0 heterocycles. The van der Waals surface area contributed by atoms with Crippen molar-refractivity contribution < 1.29 is 9.53 Å². The second-order valence-corrected chi connectivity index (χ2v) is 6.48. The van der Waals surface area contributed by atoms with E-state index in [4.69, 9.17) is 16.3 Å². The molecule has 24 heavy (non-hydrogen) atoms. The van der Waals surface area contributed by atoms with Crippen molar-refractivity contribution >= 4 is 17.5 Å². The van der Waals surface area contributed by atoms with Crippen LogP contribution in [0.25, 0.3) is 0 Å². The quantitative estimate of drug-likeness (QED) is 0.800. The first kappa shape index (κ1) is 18.3. The van der Waals surface area contributed by atoms with Crippen molar-refractivity contribution in [1.29, 1.82) is 0 Å². The highest BCUT2D eigenvalue weighted by Crippen LogP contribution is 2.20. The number of carbonyl (C=O) groups is 1. The van der Waals surface area contributed by atoms with Crippen molar-refractivity contribution in [2.45, 2.75) is 46.3 Å². The lowest BCUT2D eigenvalue weighted by atomic mass is 10.0. The van der Waals surface area contributed by atoms with Crippen LogP contribution in [0.4, 0.5) is 0 Å². The highest BCUT2D eigenvalue weighted by Gasteiger charge is 2.21. The zero-order valence-corrected chi connectivity index (χ0v) is 15.4. The average molecular weight is 346 g/mol. The summed E-state index contributed by atoms with van der Waals surface area (Å²) < 4.78 is 5.79. The Morgan fingerprint density at radius 1 is 1.17 bits per heavy atom. The monoisotopic (exact) mass is 345 g/mol. The summed E-state index contributed by atoms with van der Waals surface area (Å²) in [6.45, 7) is 8.06. The zero-order chi connectivity index (χ0) is 17.7. The third-order valence-electron chi connectivity index (χ3n) is 4.13. The second kappa shape index (κ2) is 8.20. The summed E-state index contributed by atoms with van der Waals surface area (Å²) in [4.78, 5) is 12.5. The maximum absolute atomic E-state index is 12.5. The van der Waals surface area contributed by atoms with Crippen LogP contribution in [0.1, 0.15) is 43.0 Å². The molecule has 1 amide bonds. The molecule has 3 nitrogen and oxygen atoms in total. The molecule has 0 aliphatic heterocycles. The molecule has 0 fully saturated rings. The van der Waals surface area contributed by atoms with Crippen LogP contribution in [0.5, 0.6) is 5.75 Å². The van der Waals surface area contributed by atoms with Gasteiger partial charge in [0.2, 0.25) is 0 Å². The topological polar surface area (TPSA) is 38.3 Å². The molecule has 2 aromatic carbocycles. The van der Waals surface area contributed by atoms with Gasteiger partial charge in [-0.25, -0.2) is 0 Å². The van der Waals surface area contributed by atoms with Gasteiger partial charge in [0.15, 0.2) is 6.10 Å². The molecule has 0 aromatic heterocycles. The van der Waals surface area contributed by atoms with Gasteiger partial charge in [-0.2, -0.15) is 0 Å². The van der Waals surface area contributed by atoms with Crippen molar-refractivity contribution in [3.63, 3.8) is 0 Å². The highest BCUT2D eigenvalue weighted by atomic mass is 35.5. The van der Waals surface area contributed by atoms with Gasteiger partial charge in [-0.05, 0) is 62.1 Å². The molecule has 0 radical (unpaired) electrons. The van der Waals surface area contributed by atoms with Gasteiger partial charge in [-0.1, -0.05) is 42.8 Å². The van der Waals surface area contributed by atoms with E-state index in [1.807, 2.05) is 19.9 Å². The molecule has 2 atom stereocenters. The Kier molecular flexibility index (Phi) is 6.27. The minimum Gasteiger partial charge on any atom is -0.481 e. The number of hydrogen-bond donors (Lipinski definition) is 1. The van der Waals surface area contributed by atoms with E-state index in [-0.39, 0.29) is 11.9 Å². The van der Waals surface area contributed by atoms with Crippen LogP contribution in [-0.2, 0) is 4.79 Å². The molecule has 0 aliphatic rings. The number of halogens is 1. The summed E-state index contributed by atoms with van der Waals surface area (Å²) in [6.07, 6.45) is 0.0373. The van der Waals surface area contributed by atoms with Crippen molar-refractivity contribution in [2.24, 2.45) is 0 Å². The van der Waals surface area contributed by atoms with E-state index in [9.17, 15) is 4.79 Å². The van der Waals surface area contributed by atoms with Crippen molar-refractivity contribution in [3.05, 3.63) is 64.2 Å². The van der Waals surface area contributed by atoms with Gasteiger partial charge in [0.1, 0.15) is 5.75 Å². The molecular weight excluding hydrogens is 322 g/mol. The van der Waals surface area contributed by atoms with E-state index >= 15 is 0 Å². The van der Waals surface area contributed by atoms with Gasteiger partial charge >= 0.3 is 0 Å². The van der Waals surface area contributed by atoms with Crippen molar-refractivity contribution in [3.8, 4) is 5.75 Å². The molecule has 0 spiro atoms. The first-order valence-electron chi connectivity index (χ1n) is 8.20. The fourth-order valence-electron chi connectivity index (χ4n) is 2.45. The van der Waals surface area contributed by atoms with Gasteiger partial charge < -0.3 is 10.1 Å². The fourth-order valence-corrected chi connectivity index (χ4v) is 2.63. The van der Waals surface area contributed by atoms with Crippen LogP contribution in [0.3, 0.4) is 0 Å². The molecular formula is C20H24ClNO2. The third-order valence-corrected chi connectivity index (χ3v) is 4.36. The summed E-state index contributed by atoms with van der Waals surface area (Å²) in [7, 11) is 0. The van der Waals surface area contributed by atoms with Crippen LogP contribution in [0, 0.1) is 13.8 Å². The van der Waals surface area contributed by atoms with E-state index in [0.717, 1.165) is 5.56 Å². The molecule has 2 aromatic rings. The van der Waals surface area contributed by atoms with Crippen LogP contribution in [0.15, 0.2) is 42.5 Å². The lowest BCUT2D eigenvalue weighted by Gasteiger charge is -2.21. The number of rotatable bonds is 6. The van der Waals surface area contributed by atoms with Gasteiger partial charge in [0.05, 0.1) is 6.04 Å². The Hall–Kier alpha value is -2.00. The summed E-state index contributed by atoms with van der Waals surface area (Å²) >= 11 is 5.96. The number of nitrogens with one attached hydrogen (secondary N) is 1. The Morgan fingerprint density at radius 3 is 2.54 bits per heavy atom. The summed E-state index contributed by atoms with van der Waals surface area (Å²) in [5, 5.41) is 3.62. The predicted molar refractivity (Wildman–Crippen MR) is 98.6 cm³/mol. The normalized spacial score (nSPS) is 13.2. The number of amides is 1. The molecule has 0 saturated heterocycles. The van der Waals surface area contributed by atoms with Gasteiger partial charge in [-0.15, -0.1) is 0 Å². The highest BCUT2D eigenvalue weighted by molar-refractivity contribution is 6.30. The summed E-state index contributed by atoms with van der Waals surface area (Å²) in [5.74, 6) is 0.478. The van der Waals surface area contributed by atoms with E-state index < -0.39 is 6.10 Å². The van der Waals surface area contributed by atoms with E-state index in [1.54, 1.807) is 24.3 Å². The number of ether oxygens (including phenoxy) is 1. The number of benzene rings is 2. The first-order valence-corrected chi connectivity index (χ1v) is 8.58.